The fourth-order valence-electron chi connectivity index (χ4n) is 5.19. The summed E-state index contributed by atoms with van der Waals surface area (Å²) in [5.74, 6) is 0.479. The van der Waals surface area contributed by atoms with E-state index in [9.17, 15) is 4.79 Å². The minimum Gasteiger partial charge on any atom is -0.379 e. The summed E-state index contributed by atoms with van der Waals surface area (Å²) < 4.78 is 6.70. The maximum Gasteiger partial charge on any atom is 0.280 e. The third-order valence-electron chi connectivity index (χ3n) is 6.89. The molecule has 3 aromatic heterocycles. The first-order valence-electron chi connectivity index (χ1n) is 11.3. The van der Waals surface area contributed by atoms with Gasteiger partial charge in [0.1, 0.15) is 0 Å². The van der Waals surface area contributed by atoms with Gasteiger partial charge in [-0.2, -0.15) is 0 Å². The molecule has 2 unspecified atom stereocenters. The van der Waals surface area contributed by atoms with Crippen LogP contribution >= 0.6 is 11.6 Å². The molecule has 7 rings (SSSR count). The number of nitrogens with zero attached hydrogens (tertiary/aromatic N) is 7. The number of fused-ring (bicyclic) bond motifs is 5. The second-order valence-corrected chi connectivity index (χ2v) is 9.24. The van der Waals surface area contributed by atoms with Crippen molar-refractivity contribution in [3.8, 4) is 11.3 Å². The van der Waals surface area contributed by atoms with Crippen molar-refractivity contribution in [1.29, 1.82) is 0 Å². The molecule has 174 valence electrons. The van der Waals surface area contributed by atoms with Crippen LogP contribution in [0.15, 0.2) is 47.4 Å². The molecule has 3 aliphatic heterocycles. The van der Waals surface area contributed by atoms with Gasteiger partial charge < -0.3 is 10.6 Å². The Labute approximate surface area is 200 Å². The van der Waals surface area contributed by atoms with Gasteiger partial charge in [0.05, 0.1) is 11.4 Å². The van der Waals surface area contributed by atoms with Crippen LogP contribution < -0.4 is 5.73 Å². The number of imidazole rings is 1. The summed E-state index contributed by atoms with van der Waals surface area (Å²) in [6.45, 7) is 2.10. The number of anilines is 1. The highest BCUT2D eigenvalue weighted by molar-refractivity contribution is 6.30. The summed E-state index contributed by atoms with van der Waals surface area (Å²) in [5.41, 5.74) is 8.84. The minimum atomic E-state index is -0.216. The first kappa shape index (κ1) is 21.1. The summed E-state index contributed by atoms with van der Waals surface area (Å²) in [7, 11) is 0. The maximum atomic E-state index is 13.1. The molecule has 3 aliphatic rings. The zero-order chi connectivity index (χ0) is 23.2. The van der Waals surface area contributed by atoms with Crippen molar-refractivity contribution in [2.45, 2.75) is 37.9 Å². The molecule has 34 heavy (non-hydrogen) atoms. The Morgan fingerprint density at radius 2 is 1.97 bits per heavy atom. The van der Waals surface area contributed by atoms with Crippen LogP contribution in [0.1, 0.15) is 35.4 Å². The normalized spacial score (nSPS) is 20.7. The van der Waals surface area contributed by atoms with Crippen LogP contribution in [-0.2, 0) is 6.54 Å². The van der Waals surface area contributed by atoms with E-state index in [2.05, 4.69) is 24.8 Å². The first-order chi connectivity index (χ1) is 16.6. The van der Waals surface area contributed by atoms with Gasteiger partial charge in [-0.25, -0.2) is 14.6 Å². The molecule has 0 radical (unpaired) electrons. The van der Waals surface area contributed by atoms with Gasteiger partial charge in [0.25, 0.3) is 5.91 Å². The number of carbonyl (C=O) groups excluding carboxylic acids is 1. The number of benzene rings is 1. The summed E-state index contributed by atoms with van der Waals surface area (Å²) in [5, 5.41) is 7.98. The van der Waals surface area contributed by atoms with Crippen molar-refractivity contribution >= 4 is 29.1 Å². The fraction of sp³-hybridized carbons (Fsp3) is 0.348. The lowest BCUT2D eigenvalue weighted by atomic mass is 9.98. The predicted octanol–water partition coefficient (Wildman–Crippen LogP) is 2.89. The molecule has 11 heteroatoms. The highest BCUT2D eigenvalue weighted by Crippen LogP contribution is 2.33. The summed E-state index contributed by atoms with van der Waals surface area (Å²) in [6, 6.07) is 10.1. The van der Waals surface area contributed by atoms with Crippen molar-refractivity contribution in [3.05, 3.63) is 59.1 Å². The molecule has 3 saturated heterocycles. The van der Waals surface area contributed by atoms with Gasteiger partial charge in [-0.1, -0.05) is 23.7 Å². The van der Waals surface area contributed by atoms with Crippen LogP contribution in [0.5, 0.6) is 0 Å². The second-order valence-electron chi connectivity index (χ2n) is 8.80. The van der Waals surface area contributed by atoms with E-state index in [1.807, 2.05) is 45.8 Å². The van der Waals surface area contributed by atoms with Crippen LogP contribution in [0.3, 0.4) is 0 Å². The van der Waals surface area contributed by atoms with E-state index < -0.39 is 0 Å². The molecule has 1 amide bonds. The molecule has 2 atom stereocenters. The lowest BCUT2D eigenvalue weighted by molar-refractivity contribution is 0.0594. The number of piperidine rings is 1. The van der Waals surface area contributed by atoms with Crippen molar-refractivity contribution in [3.63, 3.8) is 0 Å². The third kappa shape index (κ3) is 3.59. The average molecular weight is 479 g/mol. The van der Waals surface area contributed by atoms with Gasteiger partial charge in [-0.15, -0.1) is 0 Å². The van der Waals surface area contributed by atoms with E-state index in [-0.39, 0.29) is 23.5 Å². The molecule has 0 aliphatic carbocycles. The molecule has 2 bridgehead atoms. The SMILES string of the molecule is Nc1nonc1C(=O)N1CCC2CCC1CN2Cc1c(-c2ccc(Cl)cc2)nc2ncccn12. The number of hydrogen-bond donors (Lipinski definition) is 1. The lowest BCUT2D eigenvalue weighted by Gasteiger charge is -2.38. The number of hydrogen-bond acceptors (Lipinski definition) is 8. The number of amides is 1. The molecule has 2 N–H and O–H groups in total. The van der Waals surface area contributed by atoms with E-state index in [0.29, 0.717) is 29.9 Å². The molecule has 4 aromatic rings. The number of rotatable bonds is 4. The standard InChI is InChI=1S/C23H23ClN8O2/c24-15-4-2-14(3-5-15)19-18(32-10-1-9-26-23(32)27-19)13-30-12-17-7-6-16(30)8-11-31(17)22(33)20-21(25)29-34-28-20/h1-5,9-10,16-17H,6-8,11-13H2,(H2,25,29). The summed E-state index contributed by atoms with van der Waals surface area (Å²) in [6.07, 6.45) is 6.58. The van der Waals surface area contributed by atoms with Crippen molar-refractivity contribution < 1.29 is 9.42 Å². The zero-order valence-corrected chi connectivity index (χ0v) is 19.1. The number of halogens is 1. The van der Waals surface area contributed by atoms with Crippen LogP contribution in [0, 0.1) is 0 Å². The molecule has 0 saturated carbocycles. The second kappa shape index (κ2) is 8.37. The molecule has 3 fully saturated rings. The zero-order valence-electron chi connectivity index (χ0n) is 18.3. The van der Waals surface area contributed by atoms with Gasteiger partial charge in [0, 0.05) is 54.7 Å². The molecule has 10 nitrogen and oxygen atoms in total. The van der Waals surface area contributed by atoms with Crippen molar-refractivity contribution in [1.82, 2.24) is 34.5 Å². The Kier molecular flexibility index (Phi) is 5.19. The Bertz CT molecular complexity index is 1350. The number of nitrogens with two attached hydrogens (primary N) is 1. The van der Waals surface area contributed by atoms with Crippen LogP contribution in [0.4, 0.5) is 5.82 Å². The molecular formula is C23H23ClN8O2. The first-order valence-corrected chi connectivity index (χ1v) is 11.7. The highest BCUT2D eigenvalue weighted by atomic mass is 35.5. The van der Waals surface area contributed by atoms with E-state index in [1.165, 1.54) is 0 Å². The van der Waals surface area contributed by atoms with Gasteiger partial charge in [-0.05, 0) is 47.8 Å². The molecule has 1 aromatic carbocycles. The van der Waals surface area contributed by atoms with E-state index in [0.717, 1.165) is 42.8 Å². The van der Waals surface area contributed by atoms with Gasteiger partial charge in [0.2, 0.25) is 17.3 Å². The van der Waals surface area contributed by atoms with Crippen molar-refractivity contribution in [2.75, 3.05) is 18.8 Å². The Morgan fingerprint density at radius 1 is 1.15 bits per heavy atom. The summed E-state index contributed by atoms with van der Waals surface area (Å²) in [4.78, 5) is 26.7. The third-order valence-corrected chi connectivity index (χ3v) is 7.14. The van der Waals surface area contributed by atoms with Crippen LogP contribution in [0.25, 0.3) is 17.0 Å². The number of aromatic nitrogens is 5. The van der Waals surface area contributed by atoms with E-state index in [4.69, 9.17) is 22.3 Å². The summed E-state index contributed by atoms with van der Waals surface area (Å²) >= 11 is 6.12. The number of carbonyl (C=O) groups is 1. The smallest absolute Gasteiger partial charge is 0.280 e. The fourth-order valence-corrected chi connectivity index (χ4v) is 5.31. The monoisotopic (exact) mass is 478 g/mol. The van der Waals surface area contributed by atoms with E-state index in [1.54, 1.807) is 6.20 Å². The van der Waals surface area contributed by atoms with Gasteiger partial charge in [0.15, 0.2) is 0 Å². The lowest BCUT2D eigenvalue weighted by Crippen LogP contribution is -2.48. The van der Waals surface area contributed by atoms with Gasteiger partial charge in [-0.3, -0.25) is 14.1 Å². The highest BCUT2D eigenvalue weighted by Gasteiger charge is 2.39. The topological polar surface area (TPSA) is 119 Å². The Hall–Kier alpha value is -3.50. The Morgan fingerprint density at radius 3 is 2.76 bits per heavy atom. The minimum absolute atomic E-state index is 0.0338. The molecule has 0 spiro atoms. The van der Waals surface area contributed by atoms with Crippen LogP contribution in [0.2, 0.25) is 5.02 Å². The van der Waals surface area contributed by atoms with Crippen molar-refractivity contribution in [2.24, 2.45) is 0 Å². The van der Waals surface area contributed by atoms with Crippen LogP contribution in [-0.4, -0.2) is 65.6 Å². The average Bonchev–Trinajstić information content (AvgIpc) is 3.31. The van der Waals surface area contributed by atoms with E-state index >= 15 is 0 Å². The largest absolute Gasteiger partial charge is 0.379 e. The predicted molar refractivity (Wildman–Crippen MR) is 125 cm³/mol. The number of nitrogen functional groups attached to an aromatic ring is 1. The molecule has 6 heterocycles. The van der Waals surface area contributed by atoms with Gasteiger partial charge >= 0.3 is 0 Å². The maximum absolute atomic E-state index is 13.1. The molecular weight excluding hydrogens is 456 g/mol. The quantitative estimate of drug-likeness (QED) is 0.475. The Balaban J connectivity index is 1.32.